The van der Waals surface area contributed by atoms with Crippen LogP contribution >= 0.6 is 0 Å². The van der Waals surface area contributed by atoms with Crippen LogP contribution in [0.5, 0.6) is 11.5 Å². The summed E-state index contributed by atoms with van der Waals surface area (Å²) in [5.74, 6) is 0.0425. The topological polar surface area (TPSA) is 95.6 Å². The van der Waals surface area contributed by atoms with Crippen molar-refractivity contribution in [1.82, 2.24) is 0 Å². The van der Waals surface area contributed by atoms with Gasteiger partial charge < -0.3 is 15.5 Å². The standard InChI is InChI=1S/C13H12N2O4/c16-12-6-5-10(15(18)19)7-9(12)8-14-11-3-1-2-4-13(11)17/h1-7,14,16-17H,8H2. The van der Waals surface area contributed by atoms with Crippen LogP contribution in [0.15, 0.2) is 42.5 Å². The molecule has 2 aromatic carbocycles. The zero-order valence-corrected chi connectivity index (χ0v) is 9.91. The second-order valence-corrected chi connectivity index (χ2v) is 3.94. The normalized spacial score (nSPS) is 10.1. The molecule has 2 aromatic rings. The van der Waals surface area contributed by atoms with E-state index in [1.165, 1.54) is 24.3 Å². The minimum absolute atomic E-state index is 0.0338. The summed E-state index contributed by atoms with van der Waals surface area (Å²) in [6.45, 7) is 0.172. The highest BCUT2D eigenvalue weighted by Gasteiger charge is 2.10. The Morgan fingerprint density at radius 3 is 2.53 bits per heavy atom. The lowest BCUT2D eigenvalue weighted by molar-refractivity contribution is -0.384. The first kappa shape index (κ1) is 12.7. The van der Waals surface area contributed by atoms with Crippen LogP contribution in [0.3, 0.4) is 0 Å². The van der Waals surface area contributed by atoms with Gasteiger partial charge in [0.1, 0.15) is 11.5 Å². The fourth-order valence-corrected chi connectivity index (χ4v) is 1.64. The number of hydrogen-bond donors (Lipinski definition) is 3. The van der Waals surface area contributed by atoms with E-state index in [1.54, 1.807) is 18.2 Å². The van der Waals surface area contributed by atoms with Gasteiger partial charge in [-0.15, -0.1) is 0 Å². The molecule has 0 unspecified atom stereocenters. The molecule has 0 aliphatic rings. The van der Waals surface area contributed by atoms with Gasteiger partial charge in [0.15, 0.2) is 0 Å². The van der Waals surface area contributed by atoms with Crippen LogP contribution in [-0.4, -0.2) is 15.1 Å². The molecule has 6 heteroatoms. The Balaban J connectivity index is 2.17. The number of aromatic hydroxyl groups is 2. The van der Waals surface area contributed by atoms with E-state index in [1.807, 2.05) is 0 Å². The maximum absolute atomic E-state index is 10.7. The number of hydrogen-bond acceptors (Lipinski definition) is 5. The van der Waals surface area contributed by atoms with Crippen molar-refractivity contribution >= 4 is 11.4 Å². The van der Waals surface area contributed by atoms with Gasteiger partial charge in [0, 0.05) is 24.2 Å². The number of phenolic OH excluding ortho intramolecular Hbond substituents is 2. The third kappa shape index (κ3) is 2.92. The third-order valence-electron chi connectivity index (χ3n) is 2.65. The minimum atomic E-state index is -0.525. The molecule has 0 heterocycles. The molecule has 0 aliphatic carbocycles. The van der Waals surface area contributed by atoms with Crippen LogP contribution in [0.1, 0.15) is 5.56 Å². The van der Waals surface area contributed by atoms with Gasteiger partial charge in [0.25, 0.3) is 5.69 Å². The van der Waals surface area contributed by atoms with E-state index in [0.717, 1.165) is 0 Å². The van der Waals surface area contributed by atoms with Crippen molar-refractivity contribution in [2.45, 2.75) is 6.54 Å². The molecule has 0 saturated carbocycles. The second-order valence-electron chi connectivity index (χ2n) is 3.94. The molecule has 0 aliphatic heterocycles. The zero-order valence-electron chi connectivity index (χ0n) is 9.91. The average Bonchev–Trinajstić information content (AvgIpc) is 2.39. The molecule has 0 radical (unpaired) electrons. The van der Waals surface area contributed by atoms with Gasteiger partial charge in [-0.05, 0) is 18.2 Å². The molecule has 0 saturated heterocycles. The molecule has 3 N–H and O–H groups in total. The Bertz CT molecular complexity index is 613. The van der Waals surface area contributed by atoms with Crippen molar-refractivity contribution in [2.75, 3.05) is 5.32 Å². The van der Waals surface area contributed by atoms with Gasteiger partial charge in [-0.1, -0.05) is 12.1 Å². The third-order valence-corrected chi connectivity index (χ3v) is 2.65. The fraction of sp³-hybridized carbons (Fsp3) is 0.0769. The SMILES string of the molecule is O=[N+]([O-])c1ccc(O)c(CNc2ccccc2O)c1. The number of benzene rings is 2. The number of rotatable bonds is 4. The fourth-order valence-electron chi connectivity index (χ4n) is 1.64. The number of nitrogens with one attached hydrogen (secondary N) is 1. The van der Waals surface area contributed by atoms with Gasteiger partial charge in [-0.25, -0.2) is 0 Å². The lowest BCUT2D eigenvalue weighted by Gasteiger charge is -2.09. The van der Waals surface area contributed by atoms with Crippen molar-refractivity contribution in [3.05, 3.63) is 58.1 Å². The van der Waals surface area contributed by atoms with Gasteiger partial charge in [-0.3, -0.25) is 10.1 Å². The van der Waals surface area contributed by atoms with E-state index in [9.17, 15) is 20.3 Å². The predicted octanol–water partition coefficient (Wildman–Crippen LogP) is 2.62. The number of nitrogens with zero attached hydrogens (tertiary/aromatic N) is 1. The summed E-state index contributed by atoms with van der Waals surface area (Å²) < 4.78 is 0. The van der Waals surface area contributed by atoms with Crippen LogP contribution in [0.4, 0.5) is 11.4 Å². The molecule has 0 amide bonds. The lowest BCUT2D eigenvalue weighted by Crippen LogP contribution is -2.00. The first-order chi connectivity index (χ1) is 9.08. The Morgan fingerprint density at radius 2 is 1.84 bits per heavy atom. The van der Waals surface area contributed by atoms with Gasteiger partial charge in [-0.2, -0.15) is 0 Å². The number of nitro groups is 1. The highest BCUT2D eigenvalue weighted by atomic mass is 16.6. The van der Waals surface area contributed by atoms with Crippen LogP contribution in [0, 0.1) is 10.1 Å². The van der Waals surface area contributed by atoms with Gasteiger partial charge >= 0.3 is 0 Å². The van der Waals surface area contributed by atoms with Crippen LogP contribution in [-0.2, 0) is 6.54 Å². The van der Waals surface area contributed by atoms with Crippen molar-refractivity contribution in [3.63, 3.8) is 0 Å². The minimum Gasteiger partial charge on any atom is -0.508 e. The number of para-hydroxylation sites is 2. The largest absolute Gasteiger partial charge is 0.508 e. The summed E-state index contributed by atoms with van der Waals surface area (Å²) >= 11 is 0. The predicted molar refractivity (Wildman–Crippen MR) is 70.2 cm³/mol. The van der Waals surface area contributed by atoms with Crippen LogP contribution in [0.2, 0.25) is 0 Å². The van der Waals surface area contributed by atoms with Crippen molar-refractivity contribution in [1.29, 1.82) is 0 Å². The summed E-state index contributed by atoms with van der Waals surface area (Å²) in [4.78, 5) is 10.1. The molecule has 0 fully saturated rings. The van der Waals surface area contributed by atoms with Crippen molar-refractivity contribution < 1.29 is 15.1 Å². The molecule has 2 rings (SSSR count). The monoisotopic (exact) mass is 260 g/mol. The molecule has 98 valence electrons. The summed E-state index contributed by atoms with van der Waals surface area (Å²) in [6.07, 6.45) is 0. The molecule has 0 spiro atoms. The summed E-state index contributed by atoms with van der Waals surface area (Å²) in [5, 5.41) is 32.8. The summed E-state index contributed by atoms with van der Waals surface area (Å²) in [6, 6.07) is 10.4. The highest BCUT2D eigenvalue weighted by Crippen LogP contribution is 2.26. The maximum atomic E-state index is 10.7. The number of non-ortho nitro benzene ring substituents is 1. The second kappa shape index (κ2) is 5.26. The smallest absolute Gasteiger partial charge is 0.270 e. The average molecular weight is 260 g/mol. The van der Waals surface area contributed by atoms with E-state index in [2.05, 4.69) is 5.32 Å². The molecule has 0 atom stereocenters. The Kier molecular flexibility index (Phi) is 3.51. The van der Waals surface area contributed by atoms with Crippen molar-refractivity contribution in [3.8, 4) is 11.5 Å². The Hall–Kier alpha value is -2.76. The van der Waals surface area contributed by atoms with E-state index in [-0.39, 0.29) is 23.7 Å². The molecule has 6 nitrogen and oxygen atoms in total. The molecular weight excluding hydrogens is 248 g/mol. The first-order valence-electron chi connectivity index (χ1n) is 5.56. The molecule has 0 bridgehead atoms. The highest BCUT2D eigenvalue weighted by molar-refractivity contribution is 5.56. The number of nitro benzene ring substituents is 1. The van der Waals surface area contributed by atoms with Crippen LogP contribution in [0.25, 0.3) is 0 Å². The summed E-state index contributed by atoms with van der Waals surface area (Å²) in [5.41, 5.74) is 0.790. The Labute approximate surface area is 109 Å². The number of phenols is 2. The summed E-state index contributed by atoms with van der Waals surface area (Å²) in [7, 11) is 0. The van der Waals surface area contributed by atoms with E-state index in [4.69, 9.17) is 0 Å². The van der Waals surface area contributed by atoms with Gasteiger partial charge in [0.05, 0.1) is 10.6 Å². The number of anilines is 1. The molecule has 19 heavy (non-hydrogen) atoms. The van der Waals surface area contributed by atoms with E-state index in [0.29, 0.717) is 11.3 Å². The maximum Gasteiger partial charge on any atom is 0.270 e. The van der Waals surface area contributed by atoms with E-state index >= 15 is 0 Å². The Morgan fingerprint density at radius 1 is 1.11 bits per heavy atom. The van der Waals surface area contributed by atoms with Crippen molar-refractivity contribution in [2.24, 2.45) is 0 Å². The molecule has 0 aromatic heterocycles. The molecular formula is C13H12N2O4. The lowest BCUT2D eigenvalue weighted by atomic mass is 10.1. The first-order valence-corrected chi connectivity index (χ1v) is 5.56. The van der Waals surface area contributed by atoms with Crippen LogP contribution < -0.4 is 5.32 Å². The zero-order chi connectivity index (χ0) is 13.8. The quantitative estimate of drug-likeness (QED) is 0.446. The van der Waals surface area contributed by atoms with Gasteiger partial charge in [0.2, 0.25) is 0 Å². The van der Waals surface area contributed by atoms with E-state index < -0.39 is 4.92 Å².